The van der Waals surface area contributed by atoms with Crippen molar-refractivity contribution in [3.8, 4) is 0 Å². The molecule has 0 heterocycles. The summed E-state index contributed by atoms with van der Waals surface area (Å²) in [7, 11) is 1.50. The van der Waals surface area contributed by atoms with Gasteiger partial charge in [0.2, 0.25) is 0 Å². The molecule has 0 aliphatic carbocycles. The van der Waals surface area contributed by atoms with Gasteiger partial charge in [-0.15, -0.1) is 0 Å². The van der Waals surface area contributed by atoms with Gasteiger partial charge >= 0.3 is 0 Å². The van der Waals surface area contributed by atoms with Crippen LogP contribution in [0.1, 0.15) is 5.56 Å². The highest BCUT2D eigenvalue weighted by Gasteiger charge is 2.04. The van der Waals surface area contributed by atoms with Gasteiger partial charge in [0.15, 0.2) is 0 Å². The average molecular weight is 244 g/mol. The Morgan fingerprint density at radius 2 is 1.94 bits per heavy atom. The van der Waals surface area contributed by atoms with Gasteiger partial charge in [-0.25, -0.2) is 5.84 Å². The molecule has 0 aliphatic heterocycles. The van der Waals surface area contributed by atoms with E-state index < -0.39 is 0 Å². The van der Waals surface area contributed by atoms with Crippen LogP contribution in [0.5, 0.6) is 0 Å². The molecule has 94 valence electrons. The van der Waals surface area contributed by atoms with Crippen LogP contribution in [0.15, 0.2) is 42.5 Å². The molecule has 18 heavy (non-hydrogen) atoms. The van der Waals surface area contributed by atoms with Gasteiger partial charge in [0.1, 0.15) is 6.61 Å². The summed E-state index contributed by atoms with van der Waals surface area (Å²) < 4.78 is 5.32. The maximum atomic E-state index is 11.2. The summed E-state index contributed by atoms with van der Waals surface area (Å²) in [4.78, 5) is 11.2. The molecule has 2 N–H and O–H groups in total. The van der Waals surface area contributed by atoms with Crippen LogP contribution in [0, 0.1) is 0 Å². The van der Waals surface area contributed by atoms with Gasteiger partial charge < -0.3 is 4.74 Å². The second kappa shape index (κ2) is 5.62. The van der Waals surface area contributed by atoms with Crippen LogP contribution in [0.25, 0.3) is 10.8 Å². The lowest BCUT2D eigenvalue weighted by atomic mass is 10.1. The van der Waals surface area contributed by atoms with E-state index in [0.717, 1.165) is 10.6 Å². The SMILES string of the molecule is CN(N)C(=O)COCc1ccc2ccccc2c1. The maximum absolute atomic E-state index is 11.2. The number of nitrogens with zero attached hydrogens (tertiary/aromatic N) is 1. The Balaban J connectivity index is 1.98. The highest BCUT2D eigenvalue weighted by Crippen LogP contribution is 2.16. The fourth-order valence-electron chi connectivity index (χ4n) is 1.69. The van der Waals surface area contributed by atoms with Crippen LogP contribution < -0.4 is 5.84 Å². The second-order valence-corrected chi connectivity index (χ2v) is 4.18. The van der Waals surface area contributed by atoms with Crippen molar-refractivity contribution < 1.29 is 9.53 Å². The predicted octanol–water partition coefficient (Wildman–Crippen LogP) is 1.69. The van der Waals surface area contributed by atoms with Gasteiger partial charge in [-0.2, -0.15) is 0 Å². The first-order valence-corrected chi connectivity index (χ1v) is 5.73. The van der Waals surface area contributed by atoms with E-state index >= 15 is 0 Å². The summed E-state index contributed by atoms with van der Waals surface area (Å²) >= 11 is 0. The molecule has 4 heteroatoms. The van der Waals surface area contributed by atoms with E-state index in [4.69, 9.17) is 10.6 Å². The smallest absolute Gasteiger partial charge is 0.262 e. The standard InChI is InChI=1S/C14H16N2O2/c1-16(15)14(17)10-18-9-11-6-7-12-4-2-3-5-13(12)8-11/h2-8H,9-10,15H2,1H3. The van der Waals surface area contributed by atoms with E-state index in [1.807, 2.05) is 24.3 Å². The van der Waals surface area contributed by atoms with Crippen LogP contribution in [-0.2, 0) is 16.1 Å². The van der Waals surface area contributed by atoms with Crippen LogP contribution >= 0.6 is 0 Å². The third-order valence-electron chi connectivity index (χ3n) is 2.70. The zero-order chi connectivity index (χ0) is 13.0. The fraction of sp³-hybridized carbons (Fsp3) is 0.214. The van der Waals surface area contributed by atoms with Crippen LogP contribution in [0.3, 0.4) is 0 Å². The Labute approximate surface area is 106 Å². The van der Waals surface area contributed by atoms with Gasteiger partial charge in [-0.05, 0) is 22.4 Å². The molecule has 2 rings (SSSR count). The highest BCUT2D eigenvalue weighted by atomic mass is 16.5. The molecule has 2 aromatic carbocycles. The highest BCUT2D eigenvalue weighted by molar-refractivity contribution is 5.83. The van der Waals surface area contributed by atoms with Crippen molar-refractivity contribution in [3.05, 3.63) is 48.0 Å². The van der Waals surface area contributed by atoms with Crippen molar-refractivity contribution in [2.24, 2.45) is 5.84 Å². The number of hydrogen-bond acceptors (Lipinski definition) is 3. The normalized spacial score (nSPS) is 10.6. The first-order valence-electron chi connectivity index (χ1n) is 5.73. The molecule has 0 unspecified atom stereocenters. The average Bonchev–Trinajstić information content (AvgIpc) is 2.38. The van der Waals surface area contributed by atoms with Crippen molar-refractivity contribution in [3.63, 3.8) is 0 Å². The molecule has 0 saturated carbocycles. The quantitative estimate of drug-likeness (QED) is 0.506. The summed E-state index contributed by atoms with van der Waals surface area (Å²) in [6.07, 6.45) is 0. The van der Waals surface area contributed by atoms with E-state index in [9.17, 15) is 4.79 Å². The summed E-state index contributed by atoms with van der Waals surface area (Å²) in [5.74, 6) is 5.05. The topological polar surface area (TPSA) is 55.6 Å². The molecule has 0 spiro atoms. The minimum absolute atomic E-state index is 0.000172. The number of ether oxygens (including phenoxy) is 1. The summed E-state index contributed by atoms with van der Waals surface area (Å²) in [5, 5.41) is 3.39. The number of fused-ring (bicyclic) bond motifs is 1. The number of rotatable bonds is 4. The molecule has 0 bridgehead atoms. The molecule has 0 fully saturated rings. The summed E-state index contributed by atoms with van der Waals surface area (Å²) in [6, 6.07) is 14.2. The van der Waals surface area contributed by atoms with Crippen molar-refractivity contribution in [1.82, 2.24) is 5.01 Å². The minimum Gasteiger partial charge on any atom is -0.367 e. The van der Waals surface area contributed by atoms with E-state index in [1.165, 1.54) is 17.8 Å². The predicted molar refractivity (Wildman–Crippen MR) is 70.6 cm³/mol. The van der Waals surface area contributed by atoms with Gasteiger partial charge in [-0.1, -0.05) is 36.4 Å². The lowest BCUT2D eigenvalue weighted by Crippen LogP contribution is -2.35. The van der Waals surface area contributed by atoms with Gasteiger partial charge in [0, 0.05) is 7.05 Å². The van der Waals surface area contributed by atoms with E-state index in [-0.39, 0.29) is 12.5 Å². The first-order chi connectivity index (χ1) is 8.66. The third kappa shape index (κ3) is 3.06. The largest absolute Gasteiger partial charge is 0.367 e. The Morgan fingerprint density at radius 3 is 2.67 bits per heavy atom. The van der Waals surface area contributed by atoms with E-state index in [1.54, 1.807) is 0 Å². The monoisotopic (exact) mass is 244 g/mol. The molecule has 1 amide bonds. The molecule has 0 aliphatic rings. The number of hydrazine groups is 1. The molecule has 0 radical (unpaired) electrons. The van der Waals surface area contributed by atoms with Gasteiger partial charge in [0.25, 0.3) is 5.91 Å². The molecular formula is C14H16N2O2. The van der Waals surface area contributed by atoms with Crippen LogP contribution in [0.2, 0.25) is 0 Å². The molecule has 0 aromatic heterocycles. The number of carbonyl (C=O) groups is 1. The number of carbonyl (C=O) groups excluding carboxylic acids is 1. The zero-order valence-corrected chi connectivity index (χ0v) is 10.3. The van der Waals surface area contributed by atoms with Crippen LogP contribution in [0.4, 0.5) is 0 Å². The van der Waals surface area contributed by atoms with Crippen molar-refractivity contribution in [1.29, 1.82) is 0 Å². The van der Waals surface area contributed by atoms with Gasteiger partial charge in [0.05, 0.1) is 6.61 Å². The Morgan fingerprint density at radius 1 is 1.22 bits per heavy atom. The number of nitrogens with two attached hydrogens (primary N) is 1. The molecule has 2 aromatic rings. The van der Waals surface area contributed by atoms with Crippen molar-refractivity contribution in [2.45, 2.75) is 6.61 Å². The Kier molecular flexibility index (Phi) is 3.92. The first kappa shape index (κ1) is 12.5. The number of amides is 1. The molecular weight excluding hydrogens is 228 g/mol. The number of likely N-dealkylation sites (N-methyl/N-ethyl adjacent to an activating group) is 1. The third-order valence-corrected chi connectivity index (χ3v) is 2.70. The fourth-order valence-corrected chi connectivity index (χ4v) is 1.69. The van der Waals surface area contributed by atoms with Crippen molar-refractivity contribution >= 4 is 16.7 Å². The van der Waals surface area contributed by atoms with Gasteiger partial charge in [-0.3, -0.25) is 9.80 Å². The number of hydrogen-bond donors (Lipinski definition) is 1. The van der Waals surface area contributed by atoms with E-state index in [0.29, 0.717) is 6.61 Å². The molecule has 0 saturated heterocycles. The number of benzene rings is 2. The Hall–Kier alpha value is -1.91. The lowest BCUT2D eigenvalue weighted by Gasteiger charge is -2.10. The minimum atomic E-state index is -0.240. The Bertz CT molecular complexity index is 552. The summed E-state index contributed by atoms with van der Waals surface area (Å²) in [6.45, 7) is 0.407. The van der Waals surface area contributed by atoms with E-state index in [2.05, 4.69) is 18.2 Å². The zero-order valence-electron chi connectivity index (χ0n) is 10.3. The lowest BCUT2D eigenvalue weighted by molar-refractivity contribution is -0.135. The summed E-state index contributed by atoms with van der Waals surface area (Å²) in [5.41, 5.74) is 1.04. The maximum Gasteiger partial charge on any atom is 0.262 e. The van der Waals surface area contributed by atoms with Crippen LogP contribution in [-0.4, -0.2) is 24.6 Å². The molecule has 4 nitrogen and oxygen atoms in total. The van der Waals surface area contributed by atoms with Crippen molar-refractivity contribution in [2.75, 3.05) is 13.7 Å². The molecule has 0 atom stereocenters. The second-order valence-electron chi connectivity index (χ2n) is 4.18.